The zero-order chi connectivity index (χ0) is 24.4. The van der Waals surface area contributed by atoms with E-state index in [4.69, 9.17) is 9.72 Å². The van der Waals surface area contributed by atoms with E-state index in [1.165, 1.54) is 0 Å². The van der Waals surface area contributed by atoms with E-state index in [2.05, 4.69) is 10.2 Å². The Bertz CT molecular complexity index is 1420. The highest BCUT2D eigenvalue weighted by Gasteiger charge is 2.21. The van der Waals surface area contributed by atoms with Crippen LogP contribution in [0.4, 0.5) is 5.95 Å². The molecule has 1 fully saturated rings. The summed E-state index contributed by atoms with van der Waals surface area (Å²) in [6.07, 6.45) is 2.13. The highest BCUT2D eigenvalue weighted by molar-refractivity contribution is 5.97. The summed E-state index contributed by atoms with van der Waals surface area (Å²) in [6.45, 7) is 4.12. The van der Waals surface area contributed by atoms with Crippen molar-refractivity contribution in [1.82, 2.24) is 14.9 Å². The first-order chi connectivity index (χ1) is 17.0. The molecule has 5 rings (SSSR count). The summed E-state index contributed by atoms with van der Waals surface area (Å²) in [7, 11) is 1.62. The van der Waals surface area contributed by atoms with Crippen molar-refractivity contribution in [3.05, 3.63) is 93.8 Å². The SMILES string of the molecule is COc1ccc(CNC(=O)c2ccc3c(=O)n(-c4ccc(C)cc4)c(N4CCCC4)nc3c2)cc1. The van der Waals surface area contributed by atoms with Gasteiger partial charge in [0.15, 0.2) is 0 Å². The summed E-state index contributed by atoms with van der Waals surface area (Å²) in [5, 5.41) is 3.43. The molecular weight excluding hydrogens is 440 g/mol. The monoisotopic (exact) mass is 468 g/mol. The number of hydrogen-bond donors (Lipinski definition) is 1. The topological polar surface area (TPSA) is 76.5 Å². The molecule has 1 saturated heterocycles. The van der Waals surface area contributed by atoms with Gasteiger partial charge >= 0.3 is 0 Å². The average molecular weight is 469 g/mol. The van der Waals surface area contributed by atoms with Crippen LogP contribution in [0.15, 0.2) is 71.5 Å². The van der Waals surface area contributed by atoms with Gasteiger partial charge in [-0.2, -0.15) is 0 Å². The summed E-state index contributed by atoms with van der Waals surface area (Å²) in [5.74, 6) is 1.18. The van der Waals surface area contributed by atoms with Crippen molar-refractivity contribution >= 4 is 22.8 Å². The molecule has 0 bridgehead atoms. The van der Waals surface area contributed by atoms with Crippen LogP contribution in [-0.4, -0.2) is 35.7 Å². The smallest absolute Gasteiger partial charge is 0.267 e. The van der Waals surface area contributed by atoms with E-state index < -0.39 is 0 Å². The van der Waals surface area contributed by atoms with Crippen LogP contribution in [0.1, 0.15) is 34.3 Å². The van der Waals surface area contributed by atoms with Crippen LogP contribution in [-0.2, 0) is 6.54 Å². The summed E-state index contributed by atoms with van der Waals surface area (Å²) in [6, 6.07) is 20.5. The number of nitrogens with zero attached hydrogens (tertiary/aromatic N) is 3. The first-order valence-corrected chi connectivity index (χ1v) is 11.8. The van der Waals surface area contributed by atoms with Crippen molar-refractivity contribution in [2.75, 3.05) is 25.1 Å². The number of methoxy groups -OCH3 is 1. The number of aryl methyl sites for hydroxylation is 1. The van der Waals surface area contributed by atoms with E-state index in [1.807, 2.05) is 55.5 Å². The maximum atomic E-state index is 13.6. The van der Waals surface area contributed by atoms with E-state index in [0.29, 0.717) is 29.0 Å². The van der Waals surface area contributed by atoms with Crippen LogP contribution >= 0.6 is 0 Å². The normalized spacial score (nSPS) is 13.3. The standard InChI is InChI=1S/C28H28N4O3/c1-19-5-10-22(11-6-19)32-27(34)24-14-9-21(17-25(24)30-28(32)31-15-3-4-16-31)26(33)29-18-20-7-12-23(35-2)13-8-20/h5-14,17H,3-4,15-16,18H2,1-2H3,(H,29,33). The number of benzene rings is 3. The van der Waals surface area contributed by atoms with Crippen LogP contribution < -0.4 is 20.5 Å². The molecule has 0 aliphatic carbocycles. The second-order valence-corrected chi connectivity index (χ2v) is 8.84. The fourth-order valence-electron chi connectivity index (χ4n) is 4.40. The lowest BCUT2D eigenvalue weighted by Crippen LogP contribution is -2.30. The molecule has 0 unspecified atom stereocenters. The van der Waals surface area contributed by atoms with Crippen molar-refractivity contribution in [3.63, 3.8) is 0 Å². The van der Waals surface area contributed by atoms with E-state index in [-0.39, 0.29) is 11.5 Å². The molecular formula is C28H28N4O3. The Morgan fingerprint density at radius 2 is 1.71 bits per heavy atom. The minimum absolute atomic E-state index is 0.133. The molecule has 1 amide bonds. The molecule has 0 saturated carbocycles. The summed E-state index contributed by atoms with van der Waals surface area (Å²) >= 11 is 0. The number of carbonyl (C=O) groups excluding carboxylic acids is 1. The zero-order valence-electron chi connectivity index (χ0n) is 20.0. The quantitative estimate of drug-likeness (QED) is 0.458. The first-order valence-electron chi connectivity index (χ1n) is 11.8. The van der Waals surface area contributed by atoms with Gasteiger partial charge in [0.2, 0.25) is 5.95 Å². The molecule has 3 aromatic carbocycles. The van der Waals surface area contributed by atoms with Gasteiger partial charge in [-0.3, -0.25) is 9.59 Å². The third-order valence-electron chi connectivity index (χ3n) is 6.41. The van der Waals surface area contributed by atoms with Crippen molar-refractivity contribution in [3.8, 4) is 11.4 Å². The lowest BCUT2D eigenvalue weighted by molar-refractivity contribution is 0.0951. The summed E-state index contributed by atoms with van der Waals surface area (Å²) < 4.78 is 6.87. The molecule has 1 aliphatic heterocycles. The molecule has 1 aliphatic rings. The summed E-state index contributed by atoms with van der Waals surface area (Å²) in [4.78, 5) is 33.5. The highest BCUT2D eigenvalue weighted by Crippen LogP contribution is 2.24. The molecule has 35 heavy (non-hydrogen) atoms. The number of ether oxygens (including phenoxy) is 1. The Morgan fingerprint density at radius 1 is 1.00 bits per heavy atom. The molecule has 7 heteroatoms. The number of carbonyl (C=O) groups is 1. The Morgan fingerprint density at radius 3 is 2.40 bits per heavy atom. The molecule has 178 valence electrons. The van der Waals surface area contributed by atoms with Gasteiger partial charge in [-0.15, -0.1) is 0 Å². The van der Waals surface area contributed by atoms with Gasteiger partial charge in [0.05, 0.1) is 23.7 Å². The molecule has 1 N–H and O–H groups in total. The second-order valence-electron chi connectivity index (χ2n) is 8.84. The maximum absolute atomic E-state index is 13.6. The number of anilines is 1. The molecule has 0 atom stereocenters. The third-order valence-corrected chi connectivity index (χ3v) is 6.41. The van der Waals surface area contributed by atoms with Crippen molar-refractivity contribution in [2.45, 2.75) is 26.3 Å². The zero-order valence-corrected chi connectivity index (χ0v) is 20.0. The van der Waals surface area contributed by atoms with Crippen LogP contribution in [0.25, 0.3) is 16.6 Å². The molecule has 1 aromatic heterocycles. The minimum Gasteiger partial charge on any atom is -0.497 e. The number of fused-ring (bicyclic) bond motifs is 1. The molecule has 0 radical (unpaired) electrons. The van der Waals surface area contributed by atoms with Crippen LogP contribution in [0, 0.1) is 6.92 Å². The lowest BCUT2D eigenvalue weighted by Gasteiger charge is -2.22. The number of hydrogen-bond acceptors (Lipinski definition) is 5. The molecule has 2 heterocycles. The minimum atomic E-state index is -0.213. The maximum Gasteiger partial charge on any atom is 0.267 e. The predicted molar refractivity (Wildman–Crippen MR) is 138 cm³/mol. The van der Waals surface area contributed by atoms with Crippen molar-refractivity contribution in [2.24, 2.45) is 0 Å². The molecule has 0 spiro atoms. The van der Waals surface area contributed by atoms with Gasteiger partial charge in [-0.25, -0.2) is 9.55 Å². The van der Waals surface area contributed by atoms with E-state index in [1.54, 1.807) is 29.9 Å². The Labute approximate surface area is 204 Å². The van der Waals surface area contributed by atoms with Gasteiger partial charge in [0, 0.05) is 25.2 Å². The molecule has 4 aromatic rings. The fraction of sp³-hybridized carbons (Fsp3) is 0.250. The van der Waals surface area contributed by atoms with E-state index >= 15 is 0 Å². The average Bonchev–Trinajstić information content (AvgIpc) is 3.43. The third kappa shape index (κ3) is 4.62. The van der Waals surface area contributed by atoms with Crippen molar-refractivity contribution < 1.29 is 9.53 Å². The Balaban J connectivity index is 1.49. The van der Waals surface area contributed by atoms with Gasteiger partial charge < -0.3 is 15.0 Å². The predicted octanol–water partition coefficient (Wildman–Crippen LogP) is 4.23. The van der Waals surface area contributed by atoms with Crippen LogP contribution in [0.2, 0.25) is 0 Å². The van der Waals surface area contributed by atoms with E-state index in [9.17, 15) is 9.59 Å². The Hall–Kier alpha value is -4.13. The number of amides is 1. The Kier molecular flexibility index (Phi) is 6.23. The number of aromatic nitrogens is 2. The first kappa shape index (κ1) is 22.7. The van der Waals surface area contributed by atoms with Gasteiger partial charge in [-0.1, -0.05) is 29.8 Å². The fourth-order valence-corrected chi connectivity index (χ4v) is 4.40. The van der Waals surface area contributed by atoms with E-state index in [0.717, 1.165) is 48.5 Å². The lowest BCUT2D eigenvalue weighted by atomic mass is 10.1. The van der Waals surface area contributed by atoms with Crippen LogP contribution in [0.3, 0.4) is 0 Å². The highest BCUT2D eigenvalue weighted by atomic mass is 16.5. The summed E-state index contributed by atoms with van der Waals surface area (Å²) in [5.41, 5.74) is 3.75. The van der Waals surface area contributed by atoms with Gasteiger partial charge in [0.25, 0.3) is 11.5 Å². The second kappa shape index (κ2) is 9.62. The van der Waals surface area contributed by atoms with Gasteiger partial charge in [-0.05, 0) is 67.8 Å². The largest absolute Gasteiger partial charge is 0.497 e. The van der Waals surface area contributed by atoms with Gasteiger partial charge in [0.1, 0.15) is 5.75 Å². The number of nitrogens with one attached hydrogen (secondary N) is 1. The van der Waals surface area contributed by atoms with Crippen LogP contribution in [0.5, 0.6) is 5.75 Å². The number of rotatable bonds is 6. The van der Waals surface area contributed by atoms with Crippen molar-refractivity contribution in [1.29, 1.82) is 0 Å². The molecule has 7 nitrogen and oxygen atoms in total.